The van der Waals surface area contributed by atoms with Crippen molar-refractivity contribution >= 4 is 17.5 Å². The van der Waals surface area contributed by atoms with Crippen molar-refractivity contribution in [3.63, 3.8) is 0 Å². The van der Waals surface area contributed by atoms with Crippen molar-refractivity contribution in [3.8, 4) is 0 Å². The first-order valence-corrected chi connectivity index (χ1v) is 8.88. The molecule has 0 radical (unpaired) electrons. The van der Waals surface area contributed by atoms with Gasteiger partial charge in [-0.25, -0.2) is 0 Å². The van der Waals surface area contributed by atoms with E-state index in [0.29, 0.717) is 13.0 Å². The molecule has 2 aromatic carbocycles. The highest BCUT2D eigenvalue weighted by Gasteiger charge is 2.51. The Balaban J connectivity index is 1.38. The largest absolute Gasteiger partial charge is 0.352 e. The van der Waals surface area contributed by atoms with E-state index in [1.54, 1.807) is 0 Å². The van der Waals surface area contributed by atoms with Crippen LogP contribution in [-0.2, 0) is 22.6 Å². The van der Waals surface area contributed by atoms with Crippen LogP contribution in [0.5, 0.6) is 0 Å². The second-order valence-corrected chi connectivity index (χ2v) is 7.04. The maximum atomic E-state index is 12.9. The first kappa shape index (κ1) is 15.9. The van der Waals surface area contributed by atoms with Gasteiger partial charge in [0, 0.05) is 18.3 Å². The van der Waals surface area contributed by atoms with Gasteiger partial charge in [0.15, 0.2) is 0 Å². The number of amides is 2. The summed E-state index contributed by atoms with van der Waals surface area (Å²) in [5.74, 6) is -0.278. The van der Waals surface area contributed by atoms with Crippen LogP contribution in [0.2, 0.25) is 0 Å². The minimum absolute atomic E-state index is 0.0117. The summed E-state index contributed by atoms with van der Waals surface area (Å²) in [6.45, 7) is 2.59. The average molecular weight is 334 g/mol. The molecule has 4 nitrogen and oxygen atoms in total. The van der Waals surface area contributed by atoms with Crippen LogP contribution in [-0.4, -0.2) is 17.9 Å². The molecule has 0 saturated heterocycles. The van der Waals surface area contributed by atoms with Crippen molar-refractivity contribution in [1.29, 1.82) is 0 Å². The summed E-state index contributed by atoms with van der Waals surface area (Å²) in [5.41, 5.74) is 3.30. The Labute approximate surface area is 147 Å². The standard InChI is InChI=1S/C21H22N2O2/c1-14-11-16-9-5-6-10-19(16)23(14)21(25)18-12-17(18)20(24)22-13-15-7-3-2-4-8-15/h2-10,14,17-18H,11-13H2,1H3,(H,22,24). The first-order chi connectivity index (χ1) is 12.1. The third-order valence-corrected chi connectivity index (χ3v) is 5.20. The molecule has 1 saturated carbocycles. The summed E-state index contributed by atoms with van der Waals surface area (Å²) in [4.78, 5) is 27.2. The number of nitrogens with one attached hydrogen (secondary N) is 1. The maximum absolute atomic E-state index is 12.9. The Kier molecular flexibility index (Phi) is 4.04. The van der Waals surface area contributed by atoms with Crippen LogP contribution >= 0.6 is 0 Å². The van der Waals surface area contributed by atoms with Crippen LogP contribution in [0.15, 0.2) is 54.6 Å². The number of benzene rings is 2. The SMILES string of the molecule is CC1Cc2ccccc2N1C(=O)C1CC1C(=O)NCc1ccccc1. The second kappa shape index (κ2) is 6.36. The first-order valence-electron chi connectivity index (χ1n) is 8.88. The van der Waals surface area contributed by atoms with Crippen molar-refractivity contribution in [2.75, 3.05) is 4.90 Å². The third-order valence-electron chi connectivity index (χ3n) is 5.20. The topological polar surface area (TPSA) is 49.4 Å². The van der Waals surface area contributed by atoms with E-state index >= 15 is 0 Å². The lowest BCUT2D eigenvalue weighted by Crippen LogP contribution is -2.38. The molecule has 1 heterocycles. The molecule has 1 fully saturated rings. The molecule has 3 unspecified atom stereocenters. The van der Waals surface area contributed by atoms with Crippen LogP contribution in [0.1, 0.15) is 24.5 Å². The van der Waals surface area contributed by atoms with Crippen LogP contribution in [0.25, 0.3) is 0 Å². The quantitative estimate of drug-likeness (QED) is 0.935. The summed E-state index contributed by atoms with van der Waals surface area (Å²) in [5, 5.41) is 2.96. The molecular weight excluding hydrogens is 312 g/mol. The zero-order valence-electron chi connectivity index (χ0n) is 14.3. The van der Waals surface area contributed by atoms with Gasteiger partial charge in [0.1, 0.15) is 0 Å². The Morgan fingerprint density at radius 1 is 1.04 bits per heavy atom. The van der Waals surface area contributed by atoms with Gasteiger partial charge in [0.05, 0.1) is 11.8 Å². The fraction of sp³-hybridized carbons (Fsp3) is 0.333. The lowest BCUT2D eigenvalue weighted by Gasteiger charge is -2.23. The van der Waals surface area contributed by atoms with Gasteiger partial charge in [0.2, 0.25) is 11.8 Å². The van der Waals surface area contributed by atoms with Crippen LogP contribution in [0.3, 0.4) is 0 Å². The third kappa shape index (κ3) is 3.04. The molecule has 3 atom stereocenters. The predicted molar refractivity (Wildman–Crippen MR) is 97.0 cm³/mol. The second-order valence-electron chi connectivity index (χ2n) is 7.04. The average Bonchev–Trinajstić information content (AvgIpc) is 3.36. The highest BCUT2D eigenvalue weighted by atomic mass is 16.2. The van der Waals surface area contributed by atoms with Crippen LogP contribution in [0, 0.1) is 11.8 Å². The molecule has 0 spiro atoms. The molecule has 2 amide bonds. The number of fused-ring (bicyclic) bond motifs is 1. The van der Waals surface area contributed by atoms with E-state index in [0.717, 1.165) is 17.7 Å². The van der Waals surface area contributed by atoms with Gasteiger partial charge >= 0.3 is 0 Å². The lowest BCUT2D eigenvalue weighted by atomic mass is 10.1. The van der Waals surface area contributed by atoms with E-state index in [2.05, 4.69) is 18.3 Å². The number of hydrogen-bond acceptors (Lipinski definition) is 2. The minimum Gasteiger partial charge on any atom is -0.352 e. The van der Waals surface area contributed by atoms with Gasteiger partial charge in [-0.15, -0.1) is 0 Å². The van der Waals surface area contributed by atoms with Gasteiger partial charge in [-0.3, -0.25) is 9.59 Å². The monoisotopic (exact) mass is 334 g/mol. The Morgan fingerprint density at radius 3 is 2.56 bits per heavy atom. The summed E-state index contributed by atoms with van der Waals surface area (Å²) >= 11 is 0. The van der Waals surface area contributed by atoms with Gasteiger partial charge in [-0.2, -0.15) is 0 Å². The fourth-order valence-corrected chi connectivity index (χ4v) is 3.75. The van der Waals surface area contributed by atoms with Crippen molar-refractivity contribution in [3.05, 3.63) is 65.7 Å². The van der Waals surface area contributed by atoms with Crippen molar-refractivity contribution < 1.29 is 9.59 Å². The maximum Gasteiger partial charge on any atom is 0.231 e. The van der Waals surface area contributed by atoms with Crippen LogP contribution in [0.4, 0.5) is 5.69 Å². The van der Waals surface area contributed by atoms with E-state index in [1.165, 1.54) is 5.56 Å². The van der Waals surface area contributed by atoms with E-state index in [-0.39, 0.29) is 29.7 Å². The molecule has 128 valence electrons. The minimum atomic E-state index is -0.184. The molecule has 0 aromatic heterocycles. The molecule has 2 aromatic rings. The molecule has 4 rings (SSSR count). The summed E-state index contributed by atoms with van der Waals surface area (Å²) in [6, 6.07) is 18.1. The zero-order valence-corrected chi connectivity index (χ0v) is 14.3. The van der Waals surface area contributed by atoms with E-state index in [9.17, 15) is 9.59 Å². The highest BCUT2D eigenvalue weighted by molar-refractivity contribution is 6.02. The van der Waals surface area contributed by atoms with Crippen molar-refractivity contribution in [2.45, 2.75) is 32.4 Å². The summed E-state index contributed by atoms with van der Waals surface area (Å²) in [6.07, 6.45) is 1.55. The molecule has 4 heteroatoms. The summed E-state index contributed by atoms with van der Waals surface area (Å²) < 4.78 is 0. The Hall–Kier alpha value is -2.62. The van der Waals surface area contributed by atoms with Crippen molar-refractivity contribution in [2.24, 2.45) is 11.8 Å². The number of rotatable bonds is 4. The van der Waals surface area contributed by atoms with Gasteiger partial charge in [-0.1, -0.05) is 48.5 Å². The fourth-order valence-electron chi connectivity index (χ4n) is 3.75. The number of carbonyl (C=O) groups excluding carboxylic acids is 2. The molecule has 2 aliphatic rings. The zero-order chi connectivity index (χ0) is 17.4. The van der Waals surface area contributed by atoms with E-state index < -0.39 is 0 Å². The van der Waals surface area contributed by atoms with Gasteiger partial charge < -0.3 is 10.2 Å². The van der Waals surface area contributed by atoms with Gasteiger partial charge in [-0.05, 0) is 37.0 Å². The van der Waals surface area contributed by atoms with Crippen molar-refractivity contribution in [1.82, 2.24) is 5.32 Å². The summed E-state index contributed by atoms with van der Waals surface area (Å²) in [7, 11) is 0. The highest BCUT2D eigenvalue weighted by Crippen LogP contribution is 2.43. The van der Waals surface area contributed by atoms with Crippen LogP contribution < -0.4 is 10.2 Å². The Bertz CT molecular complexity index is 803. The molecule has 0 bridgehead atoms. The molecule has 1 aliphatic heterocycles. The lowest BCUT2D eigenvalue weighted by molar-refractivity contribution is -0.126. The molecule has 1 N–H and O–H groups in total. The number of anilines is 1. The molecular formula is C21H22N2O2. The number of para-hydroxylation sites is 1. The van der Waals surface area contributed by atoms with Gasteiger partial charge in [0.25, 0.3) is 0 Å². The normalized spacial score (nSPS) is 23.9. The number of carbonyl (C=O) groups is 2. The van der Waals surface area contributed by atoms with E-state index in [4.69, 9.17) is 0 Å². The number of nitrogens with zero attached hydrogens (tertiary/aromatic N) is 1. The predicted octanol–water partition coefficient (Wildman–Crippen LogP) is 2.92. The number of hydrogen-bond donors (Lipinski definition) is 1. The smallest absolute Gasteiger partial charge is 0.231 e. The van der Waals surface area contributed by atoms with E-state index in [1.807, 2.05) is 53.4 Å². The Morgan fingerprint density at radius 2 is 1.76 bits per heavy atom. The molecule has 25 heavy (non-hydrogen) atoms. The molecule has 1 aliphatic carbocycles.